The SMILES string of the molecule is O=CCC[C@H](NC(=O)c1cc(/C=C\S)cs1)C(=O)N1NCCC[C@H]1C(=O)N[C@H](C=O)CC(=O)O. The Bertz CT molecular complexity index is 949. The van der Waals surface area contributed by atoms with Crippen molar-refractivity contribution in [1.82, 2.24) is 21.1 Å². The lowest BCUT2D eigenvalue weighted by atomic mass is 10.0. The molecule has 1 saturated heterocycles. The third-order valence-electron chi connectivity index (χ3n) is 4.96. The van der Waals surface area contributed by atoms with Crippen molar-refractivity contribution in [3.8, 4) is 0 Å². The standard InChI is InChI=1S/C21H26N4O7S2/c26-7-2-3-15(24-20(31)17-9-13(5-8-33)12-34-17)21(32)25-16(4-1-6-22-25)19(30)23-14(11-27)10-18(28)29/h5,7-9,11-12,14-16,22,33H,1-4,6,10H2,(H,23,30)(H,24,31)(H,28,29)/b8-5-/t14-,15-,16-/m0/s1. The van der Waals surface area contributed by atoms with Gasteiger partial charge in [-0.15, -0.1) is 11.3 Å². The zero-order valence-corrected chi connectivity index (χ0v) is 19.8. The number of carboxylic acid groups (broad SMARTS) is 1. The molecule has 4 N–H and O–H groups in total. The lowest BCUT2D eigenvalue weighted by Gasteiger charge is -2.37. The highest BCUT2D eigenvalue weighted by Crippen LogP contribution is 2.18. The molecule has 0 aliphatic carbocycles. The van der Waals surface area contributed by atoms with Crippen LogP contribution in [0.2, 0.25) is 0 Å². The maximum atomic E-state index is 13.3. The summed E-state index contributed by atoms with van der Waals surface area (Å²) in [5.74, 6) is -3.08. The van der Waals surface area contributed by atoms with Gasteiger partial charge in [0.15, 0.2) is 0 Å². The zero-order valence-electron chi connectivity index (χ0n) is 18.1. The van der Waals surface area contributed by atoms with Crippen LogP contribution < -0.4 is 16.1 Å². The molecule has 11 nitrogen and oxygen atoms in total. The van der Waals surface area contributed by atoms with E-state index in [2.05, 4.69) is 28.7 Å². The molecule has 1 aliphatic rings. The maximum absolute atomic E-state index is 13.3. The van der Waals surface area contributed by atoms with Crippen molar-refractivity contribution >= 4 is 66.3 Å². The molecule has 0 radical (unpaired) electrons. The van der Waals surface area contributed by atoms with E-state index in [1.165, 1.54) is 16.7 Å². The van der Waals surface area contributed by atoms with E-state index in [-0.39, 0.29) is 19.3 Å². The van der Waals surface area contributed by atoms with Gasteiger partial charge in [-0.3, -0.25) is 24.2 Å². The van der Waals surface area contributed by atoms with Crippen LogP contribution >= 0.6 is 24.0 Å². The van der Waals surface area contributed by atoms with Gasteiger partial charge >= 0.3 is 5.97 Å². The van der Waals surface area contributed by atoms with Crippen molar-refractivity contribution in [2.24, 2.45) is 0 Å². The highest BCUT2D eigenvalue weighted by molar-refractivity contribution is 7.83. The Labute approximate surface area is 205 Å². The molecular formula is C21H26N4O7S2. The lowest BCUT2D eigenvalue weighted by molar-refractivity contribution is -0.149. The number of carbonyl (C=O) groups is 6. The molecule has 2 heterocycles. The average Bonchev–Trinajstić information content (AvgIpc) is 3.29. The zero-order chi connectivity index (χ0) is 25.1. The predicted octanol–water partition coefficient (Wildman–Crippen LogP) is 0.380. The Kier molecular flexibility index (Phi) is 10.9. The number of nitrogens with one attached hydrogen (secondary N) is 3. The van der Waals surface area contributed by atoms with Crippen LogP contribution in [-0.4, -0.2) is 71.0 Å². The van der Waals surface area contributed by atoms with E-state index in [0.29, 0.717) is 30.4 Å². The van der Waals surface area contributed by atoms with Gasteiger partial charge in [-0.2, -0.15) is 12.6 Å². The van der Waals surface area contributed by atoms with Crippen molar-refractivity contribution in [1.29, 1.82) is 0 Å². The summed E-state index contributed by atoms with van der Waals surface area (Å²) in [5, 5.41) is 18.2. The van der Waals surface area contributed by atoms with Crippen molar-refractivity contribution in [3.63, 3.8) is 0 Å². The smallest absolute Gasteiger partial charge is 0.305 e. The molecule has 0 spiro atoms. The number of thiol groups is 1. The van der Waals surface area contributed by atoms with Crippen LogP contribution in [-0.2, 0) is 24.0 Å². The minimum absolute atomic E-state index is 0.00526. The van der Waals surface area contributed by atoms with Gasteiger partial charge < -0.3 is 25.3 Å². The Hall–Kier alpha value is -3.03. The van der Waals surface area contributed by atoms with Crippen LogP contribution in [0.4, 0.5) is 0 Å². The van der Waals surface area contributed by atoms with Gasteiger partial charge in [0.05, 0.1) is 17.3 Å². The van der Waals surface area contributed by atoms with E-state index < -0.39 is 48.2 Å². The highest BCUT2D eigenvalue weighted by atomic mass is 32.1. The number of aldehydes is 2. The molecule has 3 atom stereocenters. The van der Waals surface area contributed by atoms with Crippen LogP contribution in [0.1, 0.15) is 47.3 Å². The number of rotatable bonds is 12. The predicted molar refractivity (Wildman–Crippen MR) is 127 cm³/mol. The quantitative estimate of drug-likeness (QED) is 0.199. The molecule has 2 rings (SSSR count). The molecule has 1 aliphatic heterocycles. The molecule has 0 aromatic carbocycles. The van der Waals surface area contributed by atoms with E-state index in [0.717, 1.165) is 10.6 Å². The number of hydrazine groups is 1. The largest absolute Gasteiger partial charge is 0.481 e. The van der Waals surface area contributed by atoms with Gasteiger partial charge in [0.1, 0.15) is 24.7 Å². The molecule has 0 saturated carbocycles. The Balaban J connectivity index is 2.17. The minimum Gasteiger partial charge on any atom is -0.481 e. The first-order chi connectivity index (χ1) is 16.3. The summed E-state index contributed by atoms with van der Waals surface area (Å²) in [6, 6.07) is -1.73. The van der Waals surface area contributed by atoms with Crippen LogP contribution in [0.5, 0.6) is 0 Å². The third kappa shape index (κ3) is 7.78. The third-order valence-corrected chi connectivity index (χ3v) is 6.06. The number of hydrogen-bond acceptors (Lipinski definition) is 9. The van der Waals surface area contributed by atoms with E-state index in [1.54, 1.807) is 17.5 Å². The van der Waals surface area contributed by atoms with Crippen molar-refractivity contribution < 1.29 is 33.9 Å². The monoisotopic (exact) mass is 510 g/mol. The van der Waals surface area contributed by atoms with Crippen LogP contribution in [0.3, 0.4) is 0 Å². The van der Waals surface area contributed by atoms with E-state index >= 15 is 0 Å². The first-order valence-electron chi connectivity index (χ1n) is 10.5. The highest BCUT2D eigenvalue weighted by Gasteiger charge is 2.37. The van der Waals surface area contributed by atoms with Gasteiger partial charge in [0.25, 0.3) is 11.8 Å². The van der Waals surface area contributed by atoms with Crippen LogP contribution in [0.15, 0.2) is 16.9 Å². The summed E-state index contributed by atoms with van der Waals surface area (Å²) in [6.07, 6.45) is 2.89. The molecule has 1 aromatic rings. The first-order valence-corrected chi connectivity index (χ1v) is 11.9. The molecule has 34 heavy (non-hydrogen) atoms. The Morgan fingerprint density at radius 2 is 2.06 bits per heavy atom. The van der Waals surface area contributed by atoms with Gasteiger partial charge in [0.2, 0.25) is 5.91 Å². The second-order valence-electron chi connectivity index (χ2n) is 7.45. The number of nitrogens with zero attached hydrogens (tertiary/aromatic N) is 1. The van der Waals surface area contributed by atoms with Crippen molar-refractivity contribution in [2.45, 2.75) is 50.2 Å². The Morgan fingerprint density at radius 1 is 1.29 bits per heavy atom. The molecule has 184 valence electrons. The molecule has 13 heteroatoms. The second-order valence-corrected chi connectivity index (χ2v) is 8.66. The van der Waals surface area contributed by atoms with Gasteiger partial charge in [-0.25, -0.2) is 5.43 Å². The summed E-state index contributed by atoms with van der Waals surface area (Å²) < 4.78 is 0. The molecule has 3 amide bonds. The van der Waals surface area contributed by atoms with Gasteiger partial charge in [-0.05, 0) is 47.8 Å². The summed E-state index contributed by atoms with van der Waals surface area (Å²) >= 11 is 5.17. The minimum atomic E-state index is -1.26. The normalized spacial score (nSPS) is 17.6. The van der Waals surface area contributed by atoms with Crippen LogP contribution in [0, 0.1) is 0 Å². The number of hydrogen-bond donors (Lipinski definition) is 5. The molecule has 1 fully saturated rings. The fourth-order valence-electron chi connectivity index (χ4n) is 3.35. The number of amides is 3. The number of thiophene rings is 1. The summed E-state index contributed by atoms with van der Waals surface area (Å²) in [4.78, 5) is 72.1. The lowest BCUT2D eigenvalue weighted by Crippen LogP contribution is -2.63. The molecule has 0 unspecified atom stereocenters. The average molecular weight is 511 g/mol. The van der Waals surface area contributed by atoms with Gasteiger partial charge in [-0.1, -0.05) is 0 Å². The fraction of sp³-hybridized carbons (Fsp3) is 0.429. The fourth-order valence-corrected chi connectivity index (χ4v) is 4.30. The molecular weight excluding hydrogens is 484 g/mol. The van der Waals surface area contributed by atoms with E-state index in [4.69, 9.17) is 5.11 Å². The van der Waals surface area contributed by atoms with Crippen molar-refractivity contribution in [3.05, 3.63) is 27.3 Å². The van der Waals surface area contributed by atoms with E-state index in [1.807, 2.05) is 0 Å². The van der Waals surface area contributed by atoms with Crippen LogP contribution in [0.25, 0.3) is 6.08 Å². The summed E-state index contributed by atoms with van der Waals surface area (Å²) in [6.45, 7) is 0.389. The summed E-state index contributed by atoms with van der Waals surface area (Å²) in [7, 11) is 0. The Morgan fingerprint density at radius 3 is 2.71 bits per heavy atom. The second kappa shape index (κ2) is 13.6. The topological polar surface area (TPSA) is 162 Å². The molecule has 0 bridgehead atoms. The van der Waals surface area contributed by atoms with Crippen molar-refractivity contribution in [2.75, 3.05) is 6.54 Å². The number of aliphatic carboxylic acids is 1. The number of carboxylic acids is 1. The summed E-state index contributed by atoms with van der Waals surface area (Å²) in [5.41, 5.74) is 3.60. The number of carbonyl (C=O) groups excluding carboxylic acids is 5. The van der Waals surface area contributed by atoms with Gasteiger partial charge in [0, 0.05) is 13.0 Å². The first kappa shape index (κ1) is 27.2. The maximum Gasteiger partial charge on any atom is 0.305 e. The van der Waals surface area contributed by atoms with E-state index in [9.17, 15) is 28.8 Å². The molecule has 1 aromatic heterocycles.